The SMILES string of the molecule is COc1ccc(CC2(N)CC2)cc1OC1CCCNC1. The minimum absolute atomic E-state index is 0.0260. The number of rotatable bonds is 5. The molecule has 0 bridgehead atoms. The van der Waals surface area contributed by atoms with E-state index in [1.54, 1.807) is 7.11 Å². The van der Waals surface area contributed by atoms with E-state index in [1.165, 1.54) is 12.0 Å². The summed E-state index contributed by atoms with van der Waals surface area (Å²) in [5.74, 6) is 1.66. The van der Waals surface area contributed by atoms with Gasteiger partial charge in [-0.1, -0.05) is 6.07 Å². The van der Waals surface area contributed by atoms with Crippen molar-refractivity contribution >= 4 is 0 Å². The van der Waals surface area contributed by atoms with Gasteiger partial charge in [-0.3, -0.25) is 0 Å². The van der Waals surface area contributed by atoms with Crippen LogP contribution in [0.5, 0.6) is 11.5 Å². The van der Waals surface area contributed by atoms with Crippen LogP contribution in [0.2, 0.25) is 0 Å². The number of nitrogens with one attached hydrogen (secondary N) is 1. The fourth-order valence-corrected chi connectivity index (χ4v) is 2.77. The Balaban J connectivity index is 1.73. The summed E-state index contributed by atoms with van der Waals surface area (Å²) >= 11 is 0. The van der Waals surface area contributed by atoms with Crippen LogP contribution < -0.4 is 20.5 Å². The number of benzene rings is 1. The number of nitrogens with two attached hydrogens (primary N) is 1. The lowest BCUT2D eigenvalue weighted by atomic mass is 10.0. The van der Waals surface area contributed by atoms with Crippen molar-refractivity contribution in [3.63, 3.8) is 0 Å². The van der Waals surface area contributed by atoms with Crippen LogP contribution in [0.1, 0.15) is 31.2 Å². The molecule has 2 aliphatic rings. The second-order valence-corrected chi connectivity index (χ2v) is 6.11. The fourth-order valence-electron chi connectivity index (χ4n) is 2.77. The van der Waals surface area contributed by atoms with Gasteiger partial charge in [-0.05, 0) is 56.3 Å². The van der Waals surface area contributed by atoms with E-state index in [9.17, 15) is 0 Å². The van der Waals surface area contributed by atoms with Crippen molar-refractivity contribution in [3.8, 4) is 11.5 Å². The van der Waals surface area contributed by atoms with Gasteiger partial charge in [0.1, 0.15) is 6.10 Å². The van der Waals surface area contributed by atoms with Gasteiger partial charge in [-0.25, -0.2) is 0 Å². The van der Waals surface area contributed by atoms with Gasteiger partial charge < -0.3 is 20.5 Å². The maximum atomic E-state index is 6.20. The quantitative estimate of drug-likeness (QED) is 0.862. The van der Waals surface area contributed by atoms with Gasteiger partial charge in [-0.2, -0.15) is 0 Å². The highest BCUT2D eigenvalue weighted by Gasteiger charge is 2.38. The van der Waals surface area contributed by atoms with E-state index in [1.807, 2.05) is 6.07 Å². The smallest absolute Gasteiger partial charge is 0.161 e. The summed E-state index contributed by atoms with van der Waals surface area (Å²) in [7, 11) is 1.69. The molecule has 1 unspecified atom stereocenters. The summed E-state index contributed by atoms with van der Waals surface area (Å²) < 4.78 is 11.5. The largest absolute Gasteiger partial charge is 0.493 e. The Morgan fingerprint density at radius 2 is 2.20 bits per heavy atom. The molecule has 1 atom stereocenters. The highest BCUT2D eigenvalue weighted by molar-refractivity contribution is 5.44. The second-order valence-electron chi connectivity index (χ2n) is 6.11. The van der Waals surface area contributed by atoms with Crippen molar-refractivity contribution in [2.24, 2.45) is 5.73 Å². The second kappa shape index (κ2) is 5.62. The number of hydrogen-bond acceptors (Lipinski definition) is 4. The molecule has 1 aliphatic carbocycles. The molecule has 0 spiro atoms. The Hall–Kier alpha value is -1.26. The molecular formula is C16H24N2O2. The Morgan fingerprint density at radius 3 is 2.85 bits per heavy atom. The lowest BCUT2D eigenvalue weighted by Gasteiger charge is -2.25. The summed E-state index contributed by atoms with van der Waals surface area (Å²) in [6.45, 7) is 2.00. The minimum Gasteiger partial charge on any atom is -0.493 e. The van der Waals surface area contributed by atoms with Gasteiger partial charge in [-0.15, -0.1) is 0 Å². The molecular weight excluding hydrogens is 252 g/mol. The van der Waals surface area contributed by atoms with Crippen LogP contribution in [-0.2, 0) is 6.42 Å². The first-order valence-electron chi connectivity index (χ1n) is 7.52. The fraction of sp³-hybridized carbons (Fsp3) is 0.625. The van der Waals surface area contributed by atoms with Crippen molar-refractivity contribution in [1.82, 2.24) is 5.32 Å². The zero-order valence-electron chi connectivity index (χ0n) is 12.2. The molecule has 1 saturated heterocycles. The van der Waals surface area contributed by atoms with Crippen LogP contribution in [-0.4, -0.2) is 31.8 Å². The Bertz CT molecular complexity index is 466. The summed E-state index contributed by atoms with van der Waals surface area (Å²) in [6, 6.07) is 6.19. The average molecular weight is 276 g/mol. The first-order valence-corrected chi connectivity index (χ1v) is 7.52. The minimum atomic E-state index is 0.0260. The highest BCUT2D eigenvalue weighted by atomic mass is 16.5. The highest BCUT2D eigenvalue weighted by Crippen LogP contribution is 2.38. The van der Waals surface area contributed by atoms with Crippen LogP contribution >= 0.6 is 0 Å². The molecule has 1 heterocycles. The van der Waals surface area contributed by atoms with E-state index >= 15 is 0 Å². The normalized spacial score (nSPS) is 24.2. The molecule has 1 saturated carbocycles. The van der Waals surface area contributed by atoms with E-state index in [0.29, 0.717) is 0 Å². The van der Waals surface area contributed by atoms with E-state index < -0.39 is 0 Å². The van der Waals surface area contributed by atoms with Gasteiger partial charge >= 0.3 is 0 Å². The zero-order chi connectivity index (χ0) is 14.0. The van der Waals surface area contributed by atoms with Crippen molar-refractivity contribution < 1.29 is 9.47 Å². The van der Waals surface area contributed by atoms with Gasteiger partial charge in [0.05, 0.1) is 7.11 Å². The molecule has 1 aromatic rings. The van der Waals surface area contributed by atoms with Gasteiger partial charge in [0.2, 0.25) is 0 Å². The lowest BCUT2D eigenvalue weighted by molar-refractivity contribution is 0.161. The summed E-state index contributed by atoms with van der Waals surface area (Å²) in [5, 5.41) is 3.37. The molecule has 4 heteroatoms. The van der Waals surface area contributed by atoms with Crippen LogP contribution in [0, 0.1) is 0 Å². The van der Waals surface area contributed by atoms with Crippen molar-refractivity contribution in [3.05, 3.63) is 23.8 Å². The predicted octanol–water partition coefficient (Wildman–Crippen LogP) is 1.86. The summed E-state index contributed by atoms with van der Waals surface area (Å²) in [5.41, 5.74) is 7.47. The van der Waals surface area contributed by atoms with E-state index in [-0.39, 0.29) is 11.6 Å². The van der Waals surface area contributed by atoms with Crippen LogP contribution in [0.3, 0.4) is 0 Å². The topological polar surface area (TPSA) is 56.5 Å². The maximum Gasteiger partial charge on any atom is 0.161 e. The van der Waals surface area contributed by atoms with Crippen molar-refractivity contribution in [2.75, 3.05) is 20.2 Å². The monoisotopic (exact) mass is 276 g/mol. The molecule has 110 valence electrons. The number of ether oxygens (including phenoxy) is 2. The molecule has 1 aromatic carbocycles. The van der Waals surface area contributed by atoms with E-state index in [0.717, 1.165) is 50.3 Å². The number of methoxy groups -OCH3 is 1. The first kappa shape index (κ1) is 13.7. The van der Waals surface area contributed by atoms with E-state index in [4.69, 9.17) is 15.2 Å². The van der Waals surface area contributed by atoms with Gasteiger partial charge in [0.15, 0.2) is 11.5 Å². The van der Waals surface area contributed by atoms with Crippen LogP contribution in [0.4, 0.5) is 0 Å². The van der Waals surface area contributed by atoms with Crippen molar-refractivity contribution in [1.29, 1.82) is 0 Å². The maximum absolute atomic E-state index is 6.20. The van der Waals surface area contributed by atoms with Crippen LogP contribution in [0.15, 0.2) is 18.2 Å². The molecule has 0 amide bonds. The first-order chi connectivity index (χ1) is 9.68. The molecule has 0 aromatic heterocycles. The number of piperidine rings is 1. The Labute approximate surface area is 120 Å². The predicted molar refractivity (Wildman–Crippen MR) is 79.4 cm³/mol. The molecule has 1 aliphatic heterocycles. The zero-order valence-corrected chi connectivity index (χ0v) is 12.2. The Morgan fingerprint density at radius 1 is 1.35 bits per heavy atom. The van der Waals surface area contributed by atoms with Crippen LogP contribution in [0.25, 0.3) is 0 Å². The molecule has 3 N–H and O–H groups in total. The van der Waals surface area contributed by atoms with E-state index in [2.05, 4.69) is 17.4 Å². The molecule has 2 fully saturated rings. The van der Waals surface area contributed by atoms with Gasteiger partial charge in [0.25, 0.3) is 0 Å². The van der Waals surface area contributed by atoms with Crippen molar-refractivity contribution in [2.45, 2.75) is 43.7 Å². The third-order valence-corrected chi connectivity index (χ3v) is 4.22. The molecule has 4 nitrogen and oxygen atoms in total. The van der Waals surface area contributed by atoms with Gasteiger partial charge in [0, 0.05) is 12.1 Å². The molecule has 0 radical (unpaired) electrons. The summed E-state index contributed by atoms with van der Waals surface area (Å²) in [4.78, 5) is 0. The molecule has 3 rings (SSSR count). The molecule has 20 heavy (non-hydrogen) atoms. The summed E-state index contributed by atoms with van der Waals surface area (Å²) in [6.07, 6.45) is 5.68. The number of hydrogen-bond donors (Lipinski definition) is 2. The lowest BCUT2D eigenvalue weighted by Crippen LogP contribution is -2.37. The third-order valence-electron chi connectivity index (χ3n) is 4.22. The Kier molecular flexibility index (Phi) is 3.85. The third kappa shape index (κ3) is 3.25. The standard InChI is InChI=1S/C16H24N2O2/c1-19-14-5-4-12(10-16(17)6-7-16)9-15(14)20-13-3-2-8-18-11-13/h4-5,9,13,18H,2-3,6-8,10-11,17H2,1H3. The average Bonchev–Trinajstić information content (AvgIpc) is 3.18.